The Morgan fingerprint density at radius 1 is 0.917 bits per heavy atom. The second-order valence-corrected chi connectivity index (χ2v) is 7.31. The second kappa shape index (κ2) is 6.43. The second-order valence-electron chi connectivity index (χ2n) is 7.31. The summed E-state index contributed by atoms with van der Waals surface area (Å²) in [5.41, 5.74) is 3.72. The highest BCUT2D eigenvalue weighted by molar-refractivity contribution is 5.87. The van der Waals surface area contributed by atoms with Crippen LogP contribution < -0.4 is 0 Å². The number of hydrogen-bond donors (Lipinski definition) is 0. The minimum Gasteiger partial charge on any atom is -0.472 e. The molecule has 2 fully saturated rings. The number of ether oxygens (including phenoxy) is 1. The summed E-state index contributed by atoms with van der Waals surface area (Å²) in [6.07, 6.45) is 7.56. The fourth-order valence-electron chi connectivity index (χ4n) is 4.12. The number of benzene rings is 2. The topological polar surface area (TPSA) is 21.6 Å². The quantitative estimate of drug-likeness (QED) is 0.651. The van der Waals surface area contributed by atoms with Gasteiger partial charge >= 0.3 is 0 Å². The van der Waals surface area contributed by atoms with E-state index in [9.17, 15) is 0 Å². The van der Waals surface area contributed by atoms with Gasteiger partial charge in [-0.15, -0.1) is 0 Å². The van der Waals surface area contributed by atoms with Gasteiger partial charge in [-0.2, -0.15) is 0 Å². The van der Waals surface area contributed by atoms with Crippen LogP contribution in [0.4, 0.5) is 5.69 Å². The Labute approximate surface area is 144 Å². The van der Waals surface area contributed by atoms with Crippen molar-refractivity contribution < 1.29 is 4.74 Å². The van der Waals surface area contributed by atoms with Crippen molar-refractivity contribution in [2.24, 2.45) is 10.4 Å². The van der Waals surface area contributed by atoms with E-state index in [1.54, 1.807) is 0 Å². The molecule has 0 amide bonds. The molecule has 4 rings (SSSR count). The van der Waals surface area contributed by atoms with Crippen molar-refractivity contribution in [3.8, 4) is 0 Å². The highest BCUT2D eigenvalue weighted by Gasteiger charge is 2.47. The first-order valence-electron chi connectivity index (χ1n) is 9.13. The van der Waals surface area contributed by atoms with Gasteiger partial charge in [-0.3, -0.25) is 0 Å². The summed E-state index contributed by atoms with van der Waals surface area (Å²) in [6.45, 7) is 2.13. The number of aryl methyl sites for hydroxylation is 1. The van der Waals surface area contributed by atoms with Gasteiger partial charge in [0.15, 0.2) is 5.90 Å². The summed E-state index contributed by atoms with van der Waals surface area (Å²) in [6, 6.07) is 19.0. The fraction of sp³-hybridized carbons (Fsp3) is 0.409. The Kier molecular flexibility index (Phi) is 4.13. The summed E-state index contributed by atoms with van der Waals surface area (Å²) in [4.78, 5) is 4.92. The van der Waals surface area contributed by atoms with Gasteiger partial charge in [-0.05, 0) is 37.5 Å². The Morgan fingerprint density at radius 3 is 2.33 bits per heavy atom. The summed E-state index contributed by atoms with van der Waals surface area (Å²) in [7, 11) is 0. The minimum absolute atomic E-state index is 0.143. The number of rotatable bonds is 2. The van der Waals surface area contributed by atoms with E-state index in [0.717, 1.165) is 18.0 Å². The largest absolute Gasteiger partial charge is 0.472 e. The predicted molar refractivity (Wildman–Crippen MR) is 98.7 cm³/mol. The number of hydrogen-bond acceptors (Lipinski definition) is 2. The van der Waals surface area contributed by atoms with Crippen LogP contribution in [-0.4, -0.2) is 5.90 Å². The third kappa shape index (κ3) is 2.98. The Morgan fingerprint density at radius 2 is 1.62 bits per heavy atom. The minimum atomic E-state index is 0.143. The van der Waals surface area contributed by atoms with E-state index in [-0.39, 0.29) is 11.5 Å². The summed E-state index contributed by atoms with van der Waals surface area (Å²) in [5.74, 6) is 0.971. The molecule has 24 heavy (non-hydrogen) atoms. The van der Waals surface area contributed by atoms with Crippen molar-refractivity contribution in [2.45, 2.75) is 51.6 Å². The number of aliphatic imine (C=N–C) groups is 1. The van der Waals surface area contributed by atoms with Crippen LogP contribution in [0.3, 0.4) is 0 Å². The first-order valence-corrected chi connectivity index (χ1v) is 9.13. The van der Waals surface area contributed by atoms with Crippen LogP contribution in [0, 0.1) is 12.3 Å². The molecule has 1 aliphatic carbocycles. The van der Waals surface area contributed by atoms with Crippen LogP contribution in [0.1, 0.15) is 55.8 Å². The molecule has 0 N–H and O–H groups in total. The molecule has 2 nitrogen and oxygen atoms in total. The third-order valence-corrected chi connectivity index (χ3v) is 5.53. The van der Waals surface area contributed by atoms with Gasteiger partial charge in [-0.1, -0.05) is 67.3 Å². The summed E-state index contributed by atoms with van der Waals surface area (Å²) >= 11 is 0. The normalized spacial score (nSPS) is 24.2. The van der Waals surface area contributed by atoms with Gasteiger partial charge in [-0.25, -0.2) is 4.99 Å². The lowest BCUT2D eigenvalue weighted by Crippen LogP contribution is -2.29. The molecular weight excluding hydrogens is 294 g/mol. The van der Waals surface area contributed by atoms with Gasteiger partial charge in [0.1, 0.15) is 6.10 Å². The molecule has 2 aliphatic rings. The molecule has 1 atom stereocenters. The molecule has 1 aliphatic heterocycles. The van der Waals surface area contributed by atoms with E-state index in [1.807, 2.05) is 18.2 Å². The SMILES string of the molecule is Cc1ccc(C2CC3(CCCCC3)C(=Nc3ccccc3)O2)cc1. The number of nitrogens with zero attached hydrogens (tertiary/aromatic N) is 1. The highest BCUT2D eigenvalue weighted by atomic mass is 16.5. The van der Waals surface area contributed by atoms with Crippen LogP contribution >= 0.6 is 0 Å². The lowest BCUT2D eigenvalue weighted by Gasteiger charge is -2.31. The maximum atomic E-state index is 6.43. The Balaban J connectivity index is 1.67. The average Bonchev–Trinajstić information content (AvgIpc) is 2.95. The van der Waals surface area contributed by atoms with E-state index in [0.29, 0.717) is 0 Å². The molecule has 0 bridgehead atoms. The lowest BCUT2D eigenvalue weighted by molar-refractivity contribution is 0.214. The lowest BCUT2D eigenvalue weighted by atomic mass is 9.71. The van der Waals surface area contributed by atoms with Crippen molar-refractivity contribution >= 4 is 11.6 Å². The van der Waals surface area contributed by atoms with Crippen molar-refractivity contribution in [1.29, 1.82) is 0 Å². The van der Waals surface area contributed by atoms with Gasteiger partial charge in [0.05, 0.1) is 11.1 Å². The monoisotopic (exact) mass is 319 g/mol. The van der Waals surface area contributed by atoms with Crippen LogP contribution in [0.25, 0.3) is 0 Å². The zero-order valence-electron chi connectivity index (χ0n) is 14.4. The Hall–Kier alpha value is -2.09. The molecule has 124 valence electrons. The average molecular weight is 319 g/mol. The van der Waals surface area contributed by atoms with Crippen LogP contribution in [0.5, 0.6) is 0 Å². The first kappa shape index (κ1) is 15.4. The molecule has 0 aromatic heterocycles. The maximum Gasteiger partial charge on any atom is 0.195 e. The highest BCUT2D eigenvalue weighted by Crippen LogP contribution is 2.51. The molecule has 1 saturated carbocycles. The van der Waals surface area contributed by atoms with E-state index >= 15 is 0 Å². The molecule has 2 aromatic rings. The van der Waals surface area contributed by atoms with Crippen LogP contribution in [0.15, 0.2) is 59.6 Å². The fourth-order valence-corrected chi connectivity index (χ4v) is 4.12. The third-order valence-electron chi connectivity index (χ3n) is 5.53. The molecule has 2 aromatic carbocycles. The first-order chi connectivity index (χ1) is 11.8. The van der Waals surface area contributed by atoms with Crippen molar-refractivity contribution in [1.82, 2.24) is 0 Å². The summed E-state index contributed by atoms with van der Waals surface area (Å²) in [5, 5.41) is 0. The molecule has 1 unspecified atom stereocenters. The van der Waals surface area contributed by atoms with Gasteiger partial charge < -0.3 is 4.74 Å². The number of para-hydroxylation sites is 1. The maximum absolute atomic E-state index is 6.43. The van der Waals surface area contributed by atoms with Crippen LogP contribution in [-0.2, 0) is 4.74 Å². The van der Waals surface area contributed by atoms with Gasteiger partial charge in [0, 0.05) is 6.42 Å². The van der Waals surface area contributed by atoms with E-state index in [1.165, 1.54) is 43.2 Å². The van der Waals surface area contributed by atoms with E-state index in [4.69, 9.17) is 9.73 Å². The molecule has 2 heteroatoms. The summed E-state index contributed by atoms with van der Waals surface area (Å²) < 4.78 is 6.43. The molecular formula is C22H25NO. The molecule has 0 radical (unpaired) electrons. The van der Waals surface area contributed by atoms with E-state index < -0.39 is 0 Å². The Bertz CT molecular complexity index is 711. The zero-order valence-corrected chi connectivity index (χ0v) is 14.4. The van der Waals surface area contributed by atoms with Crippen LogP contribution in [0.2, 0.25) is 0 Å². The molecule has 1 saturated heterocycles. The zero-order chi connectivity index (χ0) is 16.4. The van der Waals surface area contributed by atoms with Crippen molar-refractivity contribution in [2.75, 3.05) is 0 Å². The van der Waals surface area contributed by atoms with Gasteiger partial charge in [0.2, 0.25) is 0 Å². The predicted octanol–water partition coefficient (Wildman–Crippen LogP) is 6.14. The standard InChI is InChI=1S/C22H25NO/c1-17-10-12-18(13-11-17)20-16-22(14-6-3-7-15-22)21(24-20)23-19-8-4-2-5-9-19/h2,4-5,8-13,20H,3,6-7,14-16H2,1H3. The molecule has 1 heterocycles. The van der Waals surface area contributed by atoms with Gasteiger partial charge in [0.25, 0.3) is 0 Å². The van der Waals surface area contributed by atoms with E-state index in [2.05, 4.69) is 43.3 Å². The molecule has 1 spiro atoms. The smallest absolute Gasteiger partial charge is 0.195 e. The van der Waals surface area contributed by atoms with Crippen molar-refractivity contribution in [3.63, 3.8) is 0 Å². The van der Waals surface area contributed by atoms with Crippen molar-refractivity contribution in [3.05, 3.63) is 65.7 Å².